The second-order valence-electron chi connectivity index (χ2n) is 4.84. The molecular weight excluding hydrogens is 329 g/mol. The number of nitrogens with one attached hydrogen (secondary N) is 1. The van der Waals surface area contributed by atoms with E-state index in [1.165, 1.54) is 6.07 Å². The fraction of sp³-hybridized carbons (Fsp3) is 0.333. The van der Waals surface area contributed by atoms with Crippen LogP contribution in [-0.4, -0.2) is 41.6 Å². The number of amides is 2. The summed E-state index contributed by atoms with van der Waals surface area (Å²) in [7, 11) is 0. The lowest BCUT2D eigenvalue weighted by molar-refractivity contribution is -0.139. The number of anilines is 1. The first-order chi connectivity index (χ1) is 11.3. The zero-order valence-corrected chi connectivity index (χ0v) is 12.7. The zero-order chi connectivity index (χ0) is 17.9. The number of carbonyl (C=O) groups excluding carboxylic acids is 2. The van der Waals surface area contributed by atoms with Crippen LogP contribution in [0.5, 0.6) is 5.75 Å². The fourth-order valence-electron chi connectivity index (χ4n) is 2.18. The number of ether oxygens (including phenoxy) is 1. The van der Waals surface area contributed by atoms with Crippen molar-refractivity contribution in [3.63, 3.8) is 0 Å². The molecule has 0 radical (unpaired) electrons. The zero-order valence-electron chi connectivity index (χ0n) is 12.7. The maximum Gasteiger partial charge on any atom is 0.420 e. The molecule has 0 spiro atoms. The summed E-state index contributed by atoms with van der Waals surface area (Å²) in [6.07, 6.45) is -3.66. The first-order valence-electron chi connectivity index (χ1n) is 7.07. The Labute approximate surface area is 135 Å². The van der Waals surface area contributed by atoms with Gasteiger partial charge in [0.05, 0.1) is 25.3 Å². The average Bonchev–Trinajstić information content (AvgIpc) is 2.76. The van der Waals surface area contributed by atoms with Crippen molar-refractivity contribution in [3.8, 4) is 5.75 Å². The van der Waals surface area contributed by atoms with Crippen LogP contribution in [0.1, 0.15) is 12.5 Å². The quantitative estimate of drug-likeness (QED) is 0.769. The predicted molar refractivity (Wildman–Crippen MR) is 78.1 cm³/mol. The Kier molecular flexibility index (Phi) is 5.13. The van der Waals surface area contributed by atoms with Crippen molar-refractivity contribution in [2.45, 2.75) is 13.1 Å². The number of hydrogen-bond acceptors (Lipinski definition) is 5. The van der Waals surface area contributed by atoms with Gasteiger partial charge in [0.2, 0.25) is 0 Å². The van der Waals surface area contributed by atoms with Gasteiger partial charge in [-0.3, -0.25) is 14.5 Å². The molecule has 1 aliphatic rings. The molecule has 0 saturated heterocycles. The van der Waals surface area contributed by atoms with Gasteiger partial charge in [-0.25, -0.2) is 0 Å². The maximum atomic E-state index is 13.1. The summed E-state index contributed by atoms with van der Waals surface area (Å²) in [5.41, 5.74) is -1.16. The van der Waals surface area contributed by atoms with Crippen LogP contribution < -0.4 is 10.1 Å². The molecule has 1 aromatic carbocycles. The van der Waals surface area contributed by atoms with E-state index < -0.39 is 30.2 Å². The molecule has 2 N–H and O–H groups in total. The average molecular weight is 344 g/mol. The Morgan fingerprint density at radius 1 is 1.29 bits per heavy atom. The topological polar surface area (TPSA) is 78.9 Å². The minimum absolute atomic E-state index is 0.0102. The number of imide groups is 1. The van der Waals surface area contributed by atoms with Gasteiger partial charge in [0.1, 0.15) is 11.4 Å². The van der Waals surface area contributed by atoms with E-state index in [1.807, 2.05) is 0 Å². The number of alkyl halides is 3. The number of aliphatic hydroxyl groups is 1. The lowest BCUT2D eigenvalue weighted by atomic mass is 10.1. The van der Waals surface area contributed by atoms with Gasteiger partial charge >= 0.3 is 6.18 Å². The van der Waals surface area contributed by atoms with Crippen molar-refractivity contribution in [1.82, 2.24) is 4.90 Å². The third-order valence-corrected chi connectivity index (χ3v) is 3.20. The van der Waals surface area contributed by atoms with Crippen LogP contribution in [0.4, 0.5) is 18.9 Å². The first kappa shape index (κ1) is 17.8. The van der Waals surface area contributed by atoms with Crippen LogP contribution in [-0.2, 0) is 15.8 Å². The Morgan fingerprint density at radius 3 is 2.58 bits per heavy atom. The van der Waals surface area contributed by atoms with E-state index in [1.54, 1.807) is 6.92 Å². The van der Waals surface area contributed by atoms with Crippen molar-refractivity contribution >= 4 is 17.5 Å². The van der Waals surface area contributed by atoms with E-state index in [2.05, 4.69) is 5.32 Å². The van der Waals surface area contributed by atoms with Crippen molar-refractivity contribution in [2.24, 2.45) is 0 Å². The number of aliphatic hydroxyl groups excluding tert-OH is 1. The van der Waals surface area contributed by atoms with E-state index in [0.29, 0.717) is 0 Å². The minimum Gasteiger partial charge on any atom is -0.493 e. The molecular formula is C15H15F3N2O4. The van der Waals surface area contributed by atoms with Crippen molar-refractivity contribution in [1.29, 1.82) is 0 Å². The summed E-state index contributed by atoms with van der Waals surface area (Å²) in [6, 6.07) is 3.26. The second kappa shape index (κ2) is 6.91. The Hall–Kier alpha value is -2.55. The number of halogens is 3. The molecule has 9 heteroatoms. The fourth-order valence-corrected chi connectivity index (χ4v) is 2.18. The highest BCUT2D eigenvalue weighted by Crippen LogP contribution is 2.38. The molecule has 1 aromatic rings. The number of hydrogen-bond donors (Lipinski definition) is 2. The van der Waals surface area contributed by atoms with E-state index in [-0.39, 0.29) is 30.3 Å². The lowest BCUT2D eigenvalue weighted by Crippen LogP contribution is -2.34. The van der Waals surface area contributed by atoms with Crippen LogP contribution in [0.3, 0.4) is 0 Å². The third kappa shape index (κ3) is 3.67. The highest BCUT2D eigenvalue weighted by molar-refractivity contribution is 6.17. The van der Waals surface area contributed by atoms with Gasteiger partial charge in [0.15, 0.2) is 0 Å². The van der Waals surface area contributed by atoms with Gasteiger partial charge in [-0.1, -0.05) is 0 Å². The molecule has 0 aromatic heterocycles. The maximum absolute atomic E-state index is 13.1. The molecule has 2 amide bonds. The molecule has 130 valence electrons. The summed E-state index contributed by atoms with van der Waals surface area (Å²) in [6.45, 7) is 1.05. The summed E-state index contributed by atoms with van der Waals surface area (Å²) < 4.78 is 44.2. The van der Waals surface area contributed by atoms with Crippen molar-refractivity contribution in [2.75, 3.05) is 25.1 Å². The van der Waals surface area contributed by atoms with Crippen molar-refractivity contribution < 1.29 is 32.6 Å². The van der Waals surface area contributed by atoms with Gasteiger partial charge in [0, 0.05) is 11.8 Å². The number of nitrogens with zero attached hydrogens (tertiary/aromatic N) is 1. The Morgan fingerprint density at radius 2 is 2.00 bits per heavy atom. The molecule has 0 aliphatic carbocycles. The molecule has 1 heterocycles. The Balaban J connectivity index is 2.26. The third-order valence-electron chi connectivity index (χ3n) is 3.20. The van der Waals surface area contributed by atoms with Gasteiger partial charge in [-0.05, 0) is 25.1 Å². The summed E-state index contributed by atoms with van der Waals surface area (Å²) in [4.78, 5) is 24.4. The Bertz CT molecular complexity index is 686. The number of carbonyl (C=O) groups is 2. The molecule has 0 bridgehead atoms. The molecule has 24 heavy (non-hydrogen) atoms. The van der Waals surface area contributed by atoms with Gasteiger partial charge in [0.25, 0.3) is 11.8 Å². The lowest BCUT2D eigenvalue weighted by Gasteiger charge is -2.16. The van der Waals surface area contributed by atoms with E-state index in [4.69, 9.17) is 9.84 Å². The van der Waals surface area contributed by atoms with Gasteiger partial charge < -0.3 is 15.2 Å². The summed E-state index contributed by atoms with van der Waals surface area (Å²) in [5, 5.41) is 11.3. The van der Waals surface area contributed by atoms with Crippen LogP contribution in [0.25, 0.3) is 0 Å². The number of benzene rings is 1. The highest BCUT2D eigenvalue weighted by Gasteiger charge is 2.35. The van der Waals surface area contributed by atoms with E-state index in [0.717, 1.165) is 23.1 Å². The summed E-state index contributed by atoms with van der Waals surface area (Å²) in [5.74, 6) is -1.67. The predicted octanol–water partition coefficient (Wildman–Crippen LogP) is 1.76. The second-order valence-corrected chi connectivity index (χ2v) is 4.84. The normalized spacial score (nSPS) is 14.9. The largest absolute Gasteiger partial charge is 0.493 e. The molecule has 0 unspecified atom stereocenters. The summed E-state index contributed by atoms with van der Waals surface area (Å²) >= 11 is 0. The first-order valence-corrected chi connectivity index (χ1v) is 7.07. The molecule has 0 saturated carbocycles. The van der Waals surface area contributed by atoms with Gasteiger partial charge in [-0.2, -0.15) is 13.2 Å². The van der Waals surface area contributed by atoms with Crippen molar-refractivity contribution in [3.05, 3.63) is 35.5 Å². The van der Waals surface area contributed by atoms with Crippen LogP contribution in [0.2, 0.25) is 0 Å². The van der Waals surface area contributed by atoms with Crippen LogP contribution in [0, 0.1) is 0 Å². The minimum atomic E-state index is -4.63. The van der Waals surface area contributed by atoms with Crippen LogP contribution >= 0.6 is 0 Å². The molecule has 2 rings (SSSR count). The molecule has 1 aliphatic heterocycles. The number of rotatable bonds is 6. The highest BCUT2D eigenvalue weighted by atomic mass is 19.4. The smallest absolute Gasteiger partial charge is 0.420 e. The molecule has 6 nitrogen and oxygen atoms in total. The van der Waals surface area contributed by atoms with E-state index >= 15 is 0 Å². The number of β-amino-alcohol motifs (C(OH)–C–C–N with tert-alkyl or cyclic N) is 1. The van der Waals surface area contributed by atoms with E-state index in [9.17, 15) is 22.8 Å². The molecule has 0 atom stereocenters. The monoisotopic (exact) mass is 344 g/mol. The SMILES string of the molecule is CCOc1ccc(NC2=CC(=O)N(CCO)C2=O)cc1C(F)(F)F. The van der Waals surface area contributed by atoms with Gasteiger partial charge in [-0.15, -0.1) is 0 Å². The van der Waals surface area contributed by atoms with Crippen LogP contribution in [0.15, 0.2) is 30.0 Å². The molecule has 0 fully saturated rings. The standard InChI is InChI=1S/C15H15F3N2O4/c1-2-24-12-4-3-9(7-10(12)15(16,17)18)19-11-8-13(22)20(5-6-21)14(11)23/h3-4,7-8,19,21H,2,5-6H2,1H3.